The van der Waals surface area contributed by atoms with Crippen LogP contribution in [0.1, 0.15) is 20.3 Å². The minimum absolute atomic E-state index is 0.0946. The quantitative estimate of drug-likeness (QED) is 0.522. The summed E-state index contributed by atoms with van der Waals surface area (Å²) in [6.45, 7) is 5.72. The van der Waals surface area contributed by atoms with Gasteiger partial charge in [0.25, 0.3) is 0 Å². The van der Waals surface area contributed by atoms with Crippen LogP contribution in [0.3, 0.4) is 0 Å². The number of hydrogen-bond acceptors (Lipinski definition) is 2. The van der Waals surface area contributed by atoms with Crippen LogP contribution in [0.5, 0.6) is 0 Å². The lowest BCUT2D eigenvalue weighted by molar-refractivity contribution is 0.104. The first kappa shape index (κ1) is 11.9. The van der Waals surface area contributed by atoms with Crippen molar-refractivity contribution in [3.05, 3.63) is 0 Å². The lowest BCUT2D eigenvalue weighted by Gasteiger charge is -2.07. The predicted octanol–water partition coefficient (Wildman–Crippen LogP) is 2.58. The summed E-state index contributed by atoms with van der Waals surface area (Å²) in [5.74, 6) is 0.673. The molecule has 0 aliphatic rings. The highest BCUT2D eigenvalue weighted by atomic mass is 79.9. The molecule has 0 radical (unpaired) electrons. The second-order valence-electron chi connectivity index (χ2n) is 3.24. The molecule has 3 heteroatoms. The Morgan fingerprint density at radius 2 is 2.17 bits per heavy atom. The lowest BCUT2D eigenvalue weighted by atomic mass is 10.1. The molecule has 0 saturated heterocycles. The van der Waals surface area contributed by atoms with Crippen molar-refractivity contribution in [3.63, 3.8) is 0 Å². The molecule has 0 spiro atoms. The summed E-state index contributed by atoms with van der Waals surface area (Å²) >= 11 is 3.28. The molecule has 2 nitrogen and oxygen atoms in total. The molecule has 12 heavy (non-hydrogen) atoms. The SMILES string of the molecule is CC(C)COCCC(C#N)CBr. The molecule has 0 aromatic heterocycles. The summed E-state index contributed by atoms with van der Waals surface area (Å²) in [5.41, 5.74) is 0. The highest BCUT2D eigenvalue weighted by Gasteiger charge is 2.04. The Morgan fingerprint density at radius 3 is 2.58 bits per heavy atom. The Hall–Kier alpha value is -0.0700. The van der Waals surface area contributed by atoms with Crippen LogP contribution in [-0.4, -0.2) is 18.5 Å². The van der Waals surface area contributed by atoms with E-state index in [1.807, 2.05) is 0 Å². The van der Waals surface area contributed by atoms with E-state index in [1.165, 1.54) is 0 Å². The van der Waals surface area contributed by atoms with Gasteiger partial charge in [0.05, 0.1) is 12.0 Å². The van der Waals surface area contributed by atoms with E-state index in [0.717, 1.165) is 18.4 Å². The third-order valence-corrected chi connectivity index (χ3v) is 2.21. The van der Waals surface area contributed by atoms with Crippen molar-refractivity contribution in [2.75, 3.05) is 18.5 Å². The average Bonchev–Trinajstić information content (AvgIpc) is 2.04. The Bertz CT molecular complexity index is 142. The summed E-state index contributed by atoms with van der Waals surface area (Å²) in [6, 6.07) is 2.21. The molecular weight excluding hydrogens is 218 g/mol. The van der Waals surface area contributed by atoms with E-state index in [1.54, 1.807) is 0 Å². The van der Waals surface area contributed by atoms with E-state index in [-0.39, 0.29) is 5.92 Å². The zero-order chi connectivity index (χ0) is 9.40. The Morgan fingerprint density at radius 1 is 1.50 bits per heavy atom. The molecule has 0 aliphatic carbocycles. The molecule has 0 rings (SSSR count). The Kier molecular flexibility index (Phi) is 7.53. The molecule has 70 valence electrons. The molecule has 0 N–H and O–H groups in total. The van der Waals surface area contributed by atoms with E-state index in [4.69, 9.17) is 10.00 Å². The first-order chi connectivity index (χ1) is 5.70. The van der Waals surface area contributed by atoms with Gasteiger partial charge in [0.2, 0.25) is 0 Å². The first-order valence-electron chi connectivity index (χ1n) is 4.24. The van der Waals surface area contributed by atoms with Crippen molar-refractivity contribution in [1.82, 2.24) is 0 Å². The van der Waals surface area contributed by atoms with Gasteiger partial charge in [-0.05, 0) is 12.3 Å². The number of nitrogens with zero attached hydrogens (tertiary/aromatic N) is 1. The van der Waals surface area contributed by atoms with Gasteiger partial charge in [0, 0.05) is 18.5 Å². The van der Waals surface area contributed by atoms with Crippen molar-refractivity contribution in [2.45, 2.75) is 20.3 Å². The molecule has 0 aromatic carbocycles. The number of hydrogen-bond donors (Lipinski definition) is 0. The number of ether oxygens (including phenoxy) is 1. The van der Waals surface area contributed by atoms with Gasteiger partial charge in [0.15, 0.2) is 0 Å². The highest BCUT2D eigenvalue weighted by Crippen LogP contribution is 2.05. The van der Waals surface area contributed by atoms with Crippen molar-refractivity contribution < 1.29 is 4.74 Å². The van der Waals surface area contributed by atoms with Crippen LogP contribution in [0.4, 0.5) is 0 Å². The van der Waals surface area contributed by atoms with Crippen LogP contribution in [0.25, 0.3) is 0 Å². The molecular formula is C9H16BrNO. The molecule has 0 aliphatic heterocycles. The average molecular weight is 234 g/mol. The van der Waals surface area contributed by atoms with Crippen molar-refractivity contribution in [3.8, 4) is 6.07 Å². The predicted molar refractivity (Wildman–Crippen MR) is 53.2 cm³/mol. The molecule has 0 saturated carbocycles. The van der Waals surface area contributed by atoms with Crippen LogP contribution in [0.2, 0.25) is 0 Å². The van der Waals surface area contributed by atoms with Gasteiger partial charge in [0.1, 0.15) is 0 Å². The zero-order valence-electron chi connectivity index (χ0n) is 7.72. The Labute approximate surface area is 83.0 Å². The standard InChI is InChI=1S/C9H16BrNO/c1-8(2)7-12-4-3-9(5-10)6-11/h8-9H,3-5,7H2,1-2H3. The topological polar surface area (TPSA) is 33.0 Å². The molecule has 0 amide bonds. The normalized spacial score (nSPS) is 12.9. The molecule has 0 heterocycles. The van der Waals surface area contributed by atoms with Gasteiger partial charge in [-0.3, -0.25) is 0 Å². The van der Waals surface area contributed by atoms with Crippen molar-refractivity contribution in [2.24, 2.45) is 11.8 Å². The fourth-order valence-corrected chi connectivity index (χ4v) is 1.19. The minimum atomic E-state index is 0.0946. The maximum Gasteiger partial charge on any atom is 0.0665 e. The van der Waals surface area contributed by atoms with E-state index < -0.39 is 0 Å². The van der Waals surface area contributed by atoms with Gasteiger partial charge in [-0.1, -0.05) is 29.8 Å². The molecule has 0 bridgehead atoms. The lowest BCUT2D eigenvalue weighted by Crippen LogP contribution is -2.07. The zero-order valence-corrected chi connectivity index (χ0v) is 9.30. The molecule has 0 fully saturated rings. The van der Waals surface area contributed by atoms with Gasteiger partial charge < -0.3 is 4.74 Å². The summed E-state index contributed by atoms with van der Waals surface area (Å²) in [5, 5.41) is 9.34. The third kappa shape index (κ3) is 6.63. The summed E-state index contributed by atoms with van der Waals surface area (Å²) < 4.78 is 5.36. The van der Waals surface area contributed by atoms with E-state index in [2.05, 4.69) is 35.8 Å². The molecule has 0 aromatic rings. The fourth-order valence-electron chi connectivity index (χ4n) is 0.721. The van der Waals surface area contributed by atoms with Gasteiger partial charge in [-0.15, -0.1) is 0 Å². The van der Waals surface area contributed by atoms with E-state index in [9.17, 15) is 0 Å². The summed E-state index contributed by atoms with van der Waals surface area (Å²) in [7, 11) is 0. The first-order valence-corrected chi connectivity index (χ1v) is 5.36. The minimum Gasteiger partial charge on any atom is -0.381 e. The smallest absolute Gasteiger partial charge is 0.0665 e. The second kappa shape index (κ2) is 7.57. The van der Waals surface area contributed by atoms with Gasteiger partial charge >= 0.3 is 0 Å². The maximum absolute atomic E-state index is 8.60. The van der Waals surface area contributed by atoms with Crippen LogP contribution >= 0.6 is 15.9 Å². The summed E-state index contributed by atoms with van der Waals surface area (Å²) in [6.07, 6.45) is 0.828. The number of alkyl halides is 1. The number of nitriles is 1. The summed E-state index contributed by atoms with van der Waals surface area (Å²) in [4.78, 5) is 0. The van der Waals surface area contributed by atoms with Gasteiger partial charge in [-0.2, -0.15) is 5.26 Å². The van der Waals surface area contributed by atoms with Gasteiger partial charge in [-0.25, -0.2) is 0 Å². The number of halogens is 1. The third-order valence-electron chi connectivity index (χ3n) is 1.43. The van der Waals surface area contributed by atoms with Crippen LogP contribution in [-0.2, 0) is 4.74 Å². The van der Waals surface area contributed by atoms with Crippen LogP contribution in [0, 0.1) is 23.2 Å². The van der Waals surface area contributed by atoms with Crippen LogP contribution < -0.4 is 0 Å². The Balaban J connectivity index is 3.25. The van der Waals surface area contributed by atoms with Crippen LogP contribution in [0.15, 0.2) is 0 Å². The largest absolute Gasteiger partial charge is 0.381 e. The van der Waals surface area contributed by atoms with Crippen molar-refractivity contribution >= 4 is 15.9 Å². The second-order valence-corrected chi connectivity index (χ2v) is 3.89. The van der Waals surface area contributed by atoms with E-state index >= 15 is 0 Å². The maximum atomic E-state index is 8.60. The molecule has 1 atom stereocenters. The molecule has 1 unspecified atom stereocenters. The van der Waals surface area contributed by atoms with Crippen molar-refractivity contribution in [1.29, 1.82) is 5.26 Å². The fraction of sp³-hybridized carbons (Fsp3) is 0.889. The number of rotatable bonds is 6. The highest BCUT2D eigenvalue weighted by molar-refractivity contribution is 9.09. The monoisotopic (exact) mass is 233 g/mol. The van der Waals surface area contributed by atoms with E-state index in [0.29, 0.717) is 12.5 Å².